The van der Waals surface area contributed by atoms with Gasteiger partial charge in [0.05, 0.1) is 0 Å². The first-order valence-corrected chi connectivity index (χ1v) is 22.5. The predicted molar refractivity (Wildman–Crippen MR) is 277 cm³/mol. The molecule has 0 amide bonds. The lowest BCUT2D eigenvalue weighted by Gasteiger charge is -2.24. The van der Waals surface area contributed by atoms with Gasteiger partial charge < -0.3 is 0 Å². The van der Waals surface area contributed by atoms with Crippen LogP contribution in [-0.4, -0.2) is 0 Å². The third-order valence-corrected chi connectivity index (χ3v) is 13.5. The van der Waals surface area contributed by atoms with Gasteiger partial charge in [-0.05, 0) is 156 Å². The minimum Gasteiger partial charge on any atom is -0.0622 e. The van der Waals surface area contributed by atoms with E-state index in [2.05, 4.69) is 245 Å². The molecule has 0 aliphatic heterocycles. The molecule has 0 unspecified atom stereocenters. The van der Waals surface area contributed by atoms with E-state index in [0.29, 0.717) is 0 Å². The van der Waals surface area contributed by atoms with Crippen molar-refractivity contribution in [2.45, 2.75) is 26.2 Å². The van der Waals surface area contributed by atoms with Crippen LogP contribution >= 0.6 is 0 Å². The first kappa shape index (κ1) is 37.9. The summed E-state index contributed by atoms with van der Waals surface area (Å²) < 4.78 is 0. The minimum absolute atomic E-state index is 0.0539. The normalized spacial score (nSPS) is 12.0. The Morgan fingerprint density at radius 1 is 0.219 bits per heavy atom. The standard InChI is InChI=1S/C64H46/c1-64(2,3)59-40-44-33-34-46(62-51-27-12-10-25-49(51)60(42-21-8-5-9-22-42)50-26-11-13-28-52(50)62)38-57(44)58-39-47(35-36-48(58)59)63-55-31-16-14-29-53(55)61(54-30-15-17-32-56(54)63)45-24-18-23-43(37-45)41-19-6-4-7-20-41/h4-40H,1-3H3. The Balaban J connectivity index is 1.13. The molecule has 302 valence electrons. The van der Waals surface area contributed by atoms with Gasteiger partial charge in [0.25, 0.3) is 0 Å². The first-order valence-electron chi connectivity index (χ1n) is 22.5. The maximum absolute atomic E-state index is 2.50. The van der Waals surface area contributed by atoms with E-state index in [1.165, 1.54) is 126 Å². The molecule has 12 rings (SSSR count). The Hall–Kier alpha value is -7.80. The van der Waals surface area contributed by atoms with Crippen molar-refractivity contribution < 1.29 is 0 Å². The van der Waals surface area contributed by atoms with Crippen molar-refractivity contribution in [2.75, 3.05) is 0 Å². The summed E-state index contributed by atoms with van der Waals surface area (Å²) in [6.45, 7) is 7.03. The van der Waals surface area contributed by atoms with E-state index in [-0.39, 0.29) is 5.41 Å². The van der Waals surface area contributed by atoms with Crippen molar-refractivity contribution in [3.63, 3.8) is 0 Å². The molecule has 0 heteroatoms. The smallest absolute Gasteiger partial charge is 0.00261 e. The van der Waals surface area contributed by atoms with Crippen LogP contribution in [0, 0.1) is 0 Å². The Kier molecular flexibility index (Phi) is 8.85. The number of hydrogen-bond acceptors (Lipinski definition) is 0. The van der Waals surface area contributed by atoms with Gasteiger partial charge in [-0.15, -0.1) is 0 Å². The van der Waals surface area contributed by atoms with Gasteiger partial charge in [0.15, 0.2) is 0 Å². The van der Waals surface area contributed by atoms with Crippen LogP contribution in [0.1, 0.15) is 26.3 Å². The van der Waals surface area contributed by atoms with E-state index < -0.39 is 0 Å². The zero-order valence-electron chi connectivity index (χ0n) is 36.4. The quantitative estimate of drug-likeness (QED) is 0.120. The van der Waals surface area contributed by atoms with Gasteiger partial charge in [-0.2, -0.15) is 0 Å². The second-order valence-corrected chi connectivity index (χ2v) is 18.4. The molecular weight excluding hydrogens is 769 g/mol. The van der Waals surface area contributed by atoms with Crippen molar-refractivity contribution in [1.29, 1.82) is 0 Å². The van der Waals surface area contributed by atoms with Gasteiger partial charge >= 0.3 is 0 Å². The summed E-state index contributed by atoms with van der Waals surface area (Å²) in [4.78, 5) is 0. The molecular formula is C64H46. The molecule has 12 aromatic rings. The van der Waals surface area contributed by atoms with Gasteiger partial charge in [-0.1, -0.05) is 221 Å². The summed E-state index contributed by atoms with van der Waals surface area (Å²) in [5.74, 6) is 0. The highest BCUT2D eigenvalue weighted by Crippen LogP contribution is 2.48. The summed E-state index contributed by atoms with van der Waals surface area (Å²) in [6, 6.07) is 83.5. The number of fused-ring (bicyclic) bond motifs is 7. The highest BCUT2D eigenvalue weighted by molar-refractivity contribution is 6.24. The van der Waals surface area contributed by atoms with Crippen molar-refractivity contribution in [2.24, 2.45) is 0 Å². The second kappa shape index (κ2) is 14.9. The van der Waals surface area contributed by atoms with Gasteiger partial charge in [0.2, 0.25) is 0 Å². The summed E-state index contributed by atoms with van der Waals surface area (Å²) in [6.07, 6.45) is 0. The van der Waals surface area contributed by atoms with Crippen LogP contribution in [-0.2, 0) is 5.41 Å². The molecule has 0 N–H and O–H groups in total. The SMILES string of the molecule is CC(C)(C)c1cc2ccc(-c3c4ccccc4c(-c4ccccc4)c4ccccc34)cc2c2cc(-c3c4ccccc4c(-c4cccc(-c5ccccc5)c4)c4ccccc34)ccc12. The van der Waals surface area contributed by atoms with Crippen LogP contribution in [0.15, 0.2) is 224 Å². The van der Waals surface area contributed by atoms with Crippen molar-refractivity contribution in [3.05, 3.63) is 230 Å². The molecule has 0 bridgehead atoms. The van der Waals surface area contributed by atoms with E-state index >= 15 is 0 Å². The van der Waals surface area contributed by atoms with E-state index in [9.17, 15) is 0 Å². The zero-order chi connectivity index (χ0) is 42.9. The van der Waals surface area contributed by atoms with E-state index in [1.54, 1.807) is 0 Å². The van der Waals surface area contributed by atoms with Crippen molar-refractivity contribution in [3.8, 4) is 55.6 Å². The van der Waals surface area contributed by atoms with Gasteiger partial charge in [0.1, 0.15) is 0 Å². The molecule has 0 aliphatic rings. The first-order chi connectivity index (χ1) is 31.4. The molecule has 0 saturated heterocycles. The Labute approximate surface area is 374 Å². The summed E-state index contributed by atoms with van der Waals surface area (Å²) in [5, 5.41) is 15.2. The van der Waals surface area contributed by atoms with E-state index in [1.807, 2.05) is 0 Å². The van der Waals surface area contributed by atoms with Crippen LogP contribution in [0.5, 0.6) is 0 Å². The average molecular weight is 815 g/mol. The highest BCUT2D eigenvalue weighted by Gasteiger charge is 2.23. The topological polar surface area (TPSA) is 0 Å². The van der Waals surface area contributed by atoms with Gasteiger partial charge in [-0.25, -0.2) is 0 Å². The number of hydrogen-bond donors (Lipinski definition) is 0. The fourth-order valence-electron chi connectivity index (χ4n) is 10.7. The Morgan fingerprint density at radius 2 is 0.578 bits per heavy atom. The summed E-state index contributed by atoms with van der Waals surface area (Å²) in [5.41, 5.74) is 13.8. The molecule has 0 spiro atoms. The molecule has 0 aromatic heterocycles. The maximum atomic E-state index is 2.50. The third kappa shape index (κ3) is 6.13. The lowest BCUT2D eigenvalue weighted by molar-refractivity contribution is 0.596. The maximum Gasteiger partial charge on any atom is -0.00261 e. The van der Waals surface area contributed by atoms with Crippen LogP contribution in [0.25, 0.3) is 120 Å². The van der Waals surface area contributed by atoms with Crippen LogP contribution in [0.3, 0.4) is 0 Å². The fourth-order valence-corrected chi connectivity index (χ4v) is 10.7. The average Bonchev–Trinajstić information content (AvgIpc) is 3.34. The molecule has 12 aromatic carbocycles. The predicted octanol–water partition coefficient (Wildman–Crippen LogP) is 18.2. The largest absolute Gasteiger partial charge is 0.0622 e. The van der Waals surface area contributed by atoms with E-state index in [4.69, 9.17) is 0 Å². The monoisotopic (exact) mass is 814 g/mol. The molecule has 0 aliphatic carbocycles. The Bertz CT molecular complexity index is 3680. The Morgan fingerprint density at radius 3 is 1.05 bits per heavy atom. The fraction of sp³-hybridized carbons (Fsp3) is 0.0625. The third-order valence-electron chi connectivity index (χ3n) is 13.5. The molecule has 0 saturated carbocycles. The minimum atomic E-state index is -0.0539. The van der Waals surface area contributed by atoms with Crippen LogP contribution in [0.2, 0.25) is 0 Å². The summed E-state index contributed by atoms with van der Waals surface area (Å²) in [7, 11) is 0. The lowest BCUT2D eigenvalue weighted by Crippen LogP contribution is -2.11. The van der Waals surface area contributed by atoms with Gasteiger partial charge in [0, 0.05) is 0 Å². The molecule has 64 heavy (non-hydrogen) atoms. The lowest BCUT2D eigenvalue weighted by atomic mass is 9.80. The number of benzene rings is 12. The van der Waals surface area contributed by atoms with Gasteiger partial charge in [-0.3, -0.25) is 0 Å². The highest BCUT2D eigenvalue weighted by atomic mass is 14.3. The molecule has 0 fully saturated rings. The molecule has 0 nitrogen and oxygen atoms in total. The van der Waals surface area contributed by atoms with Crippen molar-refractivity contribution in [1.82, 2.24) is 0 Å². The molecule has 0 atom stereocenters. The van der Waals surface area contributed by atoms with E-state index in [0.717, 1.165) is 0 Å². The van der Waals surface area contributed by atoms with Crippen LogP contribution in [0.4, 0.5) is 0 Å². The molecule has 0 heterocycles. The van der Waals surface area contributed by atoms with Crippen molar-refractivity contribution >= 4 is 64.6 Å². The van der Waals surface area contributed by atoms with Crippen LogP contribution < -0.4 is 0 Å². The summed E-state index contributed by atoms with van der Waals surface area (Å²) >= 11 is 0. The number of rotatable bonds is 5. The zero-order valence-corrected chi connectivity index (χ0v) is 36.4. The molecule has 0 radical (unpaired) electrons. The second-order valence-electron chi connectivity index (χ2n) is 18.4.